The van der Waals surface area contributed by atoms with E-state index in [0.717, 1.165) is 21.6 Å². The fourth-order valence-corrected chi connectivity index (χ4v) is 6.40. The minimum absolute atomic E-state index is 0.0619. The zero-order valence-corrected chi connectivity index (χ0v) is 20.5. The van der Waals surface area contributed by atoms with Crippen LogP contribution in [0.25, 0.3) is 10.2 Å². The number of carboxylic acids is 1. The van der Waals surface area contributed by atoms with Gasteiger partial charge < -0.3 is 21.0 Å². The number of nitrogen functional groups attached to an aromatic ring is 1. The third-order valence-electron chi connectivity index (χ3n) is 5.40. The smallest absolute Gasteiger partial charge is 0.352 e. The van der Waals surface area contributed by atoms with Gasteiger partial charge in [0.15, 0.2) is 29.8 Å². The molecular weight excluding hydrogens is 514 g/mol. The maximum absolute atomic E-state index is 13.0. The van der Waals surface area contributed by atoms with Crippen molar-refractivity contribution < 1.29 is 28.9 Å². The molecule has 35 heavy (non-hydrogen) atoms. The summed E-state index contributed by atoms with van der Waals surface area (Å²) in [6.45, 7) is 0.297. The van der Waals surface area contributed by atoms with Gasteiger partial charge in [-0.15, -0.1) is 34.4 Å². The molecule has 2 amide bonds. The Morgan fingerprint density at radius 1 is 1.43 bits per heavy atom. The first kappa shape index (κ1) is 23.2. The van der Waals surface area contributed by atoms with Crippen LogP contribution < -0.4 is 15.6 Å². The third-order valence-corrected chi connectivity index (χ3v) is 8.22. The number of pyridine rings is 1. The Morgan fingerprint density at radius 3 is 2.97 bits per heavy atom. The second-order valence-electron chi connectivity index (χ2n) is 7.53. The van der Waals surface area contributed by atoms with E-state index in [1.165, 1.54) is 35.1 Å². The highest BCUT2D eigenvalue weighted by Gasteiger charge is 2.54. The fraction of sp³-hybridized carbons (Fsp3) is 0.250. The molecule has 5 rings (SSSR count). The van der Waals surface area contributed by atoms with Gasteiger partial charge in [0.2, 0.25) is 0 Å². The molecule has 5 heterocycles. The van der Waals surface area contributed by atoms with Crippen molar-refractivity contribution in [3.05, 3.63) is 46.3 Å². The lowest BCUT2D eigenvalue weighted by molar-refractivity contribution is -0.687. The van der Waals surface area contributed by atoms with Crippen molar-refractivity contribution in [2.24, 2.45) is 5.16 Å². The number of hydrogen-bond donors (Lipinski definition) is 3. The van der Waals surface area contributed by atoms with Crippen molar-refractivity contribution in [3.63, 3.8) is 0 Å². The fourth-order valence-electron chi connectivity index (χ4n) is 3.87. The molecule has 3 aromatic heterocycles. The van der Waals surface area contributed by atoms with Gasteiger partial charge in [-0.05, 0) is 0 Å². The Kier molecular flexibility index (Phi) is 6.12. The molecular formula is C20H18N7O5S3+. The van der Waals surface area contributed by atoms with Crippen molar-refractivity contribution in [3.8, 4) is 0 Å². The third kappa shape index (κ3) is 4.21. The summed E-state index contributed by atoms with van der Waals surface area (Å²) in [6, 6.07) is 1.00. The Labute approximate surface area is 210 Å². The predicted molar refractivity (Wildman–Crippen MR) is 130 cm³/mol. The van der Waals surface area contributed by atoms with E-state index in [9.17, 15) is 19.5 Å². The lowest BCUT2D eigenvalue weighted by Gasteiger charge is -2.49. The van der Waals surface area contributed by atoms with E-state index >= 15 is 0 Å². The number of amides is 2. The topological polar surface area (TPSA) is 164 Å². The summed E-state index contributed by atoms with van der Waals surface area (Å²) in [7, 11) is 1.28. The first-order valence-electron chi connectivity index (χ1n) is 10.1. The van der Waals surface area contributed by atoms with Crippen molar-refractivity contribution in [1.82, 2.24) is 20.2 Å². The second kappa shape index (κ2) is 9.24. The Hall–Kier alpha value is -3.56. The number of fused-ring (bicyclic) bond motifs is 2. The summed E-state index contributed by atoms with van der Waals surface area (Å²) in [5.74, 6) is -2.00. The number of anilines is 1. The van der Waals surface area contributed by atoms with Crippen molar-refractivity contribution in [2.45, 2.75) is 18.0 Å². The van der Waals surface area contributed by atoms with E-state index in [2.05, 4.69) is 20.4 Å². The van der Waals surface area contributed by atoms with Crippen LogP contribution in [-0.4, -0.2) is 67.7 Å². The molecule has 0 radical (unpaired) electrons. The van der Waals surface area contributed by atoms with E-state index in [0.29, 0.717) is 17.9 Å². The number of rotatable bonds is 7. The monoisotopic (exact) mass is 532 g/mol. The number of thioether (sulfide) groups is 1. The summed E-state index contributed by atoms with van der Waals surface area (Å²) >= 11 is 4.04. The van der Waals surface area contributed by atoms with Crippen molar-refractivity contribution >= 4 is 73.3 Å². The summed E-state index contributed by atoms with van der Waals surface area (Å²) in [5, 5.41) is 17.5. The molecule has 0 spiro atoms. The van der Waals surface area contributed by atoms with Crippen LogP contribution in [0.1, 0.15) is 5.69 Å². The number of aromatic nitrogens is 3. The second-order valence-corrected chi connectivity index (χ2v) is 10.4. The lowest BCUT2D eigenvalue weighted by atomic mass is 10.0. The molecule has 1 unspecified atom stereocenters. The van der Waals surface area contributed by atoms with Gasteiger partial charge in [-0.1, -0.05) is 5.16 Å². The van der Waals surface area contributed by atoms with Gasteiger partial charge in [0.05, 0.1) is 10.2 Å². The lowest BCUT2D eigenvalue weighted by Crippen LogP contribution is -2.71. The first-order chi connectivity index (χ1) is 16.9. The largest absolute Gasteiger partial charge is 0.477 e. The molecule has 180 valence electrons. The average Bonchev–Trinajstić information content (AvgIpc) is 3.48. The van der Waals surface area contributed by atoms with Gasteiger partial charge in [-0.25, -0.2) is 14.8 Å². The van der Waals surface area contributed by atoms with Crippen LogP contribution in [0.4, 0.5) is 5.13 Å². The van der Waals surface area contributed by atoms with Crippen LogP contribution in [0.2, 0.25) is 0 Å². The van der Waals surface area contributed by atoms with E-state index in [1.54, 1.807) is 10.9 Å². The highest BCUT2D eigenvalue weighted by Crippen LogP contribution is 2.40. The number of carbonyl (C=O) groups excluding carboxylic acids is 2. The molecule has 15 heteroatoms. The number of nitrogens with zero attached hydrogens (tertiary/aromatic N) is 5. The number of oxime groups is 1. The van der Waals surface area contributed by atoms with Crippen molar-refractivity contribution in [1.29, 1.82) is 0 Å². The number of thiazole rings is 2. The molecule has 0 aromatic carbocycles. The Morgan fingerprint density at radius 2 is 2.26 bits per heavy atom. The SMILES string of the molecule is CON=C(C(=O)NC1C(=O)N2C(C(=O)O)=C(C[n+]3ccc4scnc4c3)CS[C@@H]12)c1csc(N)n1. The molecule has 0 bridgehead atoms. The molecule has 2 aliphatic rings. The zero-order valence-electron chi connectivity index (χ0n) is 18.1. The van der Waals surface area contributed by atoms with Crippen LogP contribution in [0, 0.1) is 0 Å². The standard InChI is InChI=1S/C20H17N7O5S3/c1-32-25-13(11-7-34-20(21)23-11)16(28)24-14-17(29)27-15(19(30)31)9(6-33-18(14)27)4-26-3-2-12-10(5-26)22-8-35-12/h2-3,5,7-8,14,18H,4,6H2,1H3,(H3-,21,23,24,28,30,31)/p+1/t14?,18-/m0/s1. The Balaban J connectivity index is 1.36. The predicted octanol–water partition coefficient (Wildman–Crippen LogP) is 0.412. The van der Waals surface area contributed by atoms with Crippen molar-refractivity contribution in [2.75, 3.05) is 18.6 Å². The van der Waals surface area contributed by atoms with Gasteiger partial charge >= 0.3 is 5.97 Å². The molecule has 12 nitrogen and oxygen atoms in total. The highest BCUT2D eigenvalue weighted by molar-refractivity contribution is 8.00. The summed E-state index contributed by atoms with van der Waals surface area (Å²) < 4.78 is 2.87. The number of β-lactam (4-membered cyclic amide) rings is 1. The molecule has 0 aliphatic carbocycles. The first-order valence-corrected chi connectivity index (χ1v) is 12.9. The molecule has 4 N–H and O–H groups in total. The zero-order chi connectivity index (χ0) is 24.7. The molecule has 2 atom stereocenters. The number of carboxylic acid groups (broad SMARTS) is 1. The number of carbonyl (C=O) groups is 3. The number of aliphatic carboxylic acids is 1. The van der Waals surface area contributed by atoms with E-state index in [4.69, 9.17) is 10.6 Å². The van der Waals surface area contributed by atoms with Crippen LogP contribution in [0.15, 0.2) is 45.8 Å². The minimum Gasteiger partial charge on any atom is -0.477 e. The summed E-state index contributed by atoms with van der Waals surface area (Å²) in [4.78, 5) is 52.3. The Bertz CT molecular complexity index is 1410. The number of nitrogens with two attached hydrogens (primary N) is 1. The molecule has 3 aromatic rings. The number of nitrogens with one attached hydrogen (secondary N) is 1. The van der Waals surface area contributed by atoms with E-state index in [-0.39, 0.29) is 22.2 Å². The van der Waals surface area contributed by atoms with Gasteiger partial charge in [0, 0.05) is 22.8 Å². The van der Waals surface area contributed by atoms with Gasteiger partial charge in [0.25, 0.3) is 11.8 Å². The van der Waals surface area contributed by atoms with E-state index in [1.807, 2.05) is 23.0 Å². The molecule has 0 saturated carbocycles. The highest BCUT2D eigenvalue weighted by atomic mass is 32.2. The van der Waals surface area contributed by atoms with Crippen LogP contribution in [0.3, 0.4) is 0 Å². The van der Waals surface area contributed by atoms with E-state index < -0.39 is 29.2 Å². The molecule has 1 saturated heterocycles. The average molecular weight is 533 g/mol. The minimum atomic E-state index is -1.20. The maximum atomic E-state index is 13.0. The summed E-state index contributed by atoms with van der Waals surface area (Å²) in [5.41, 5.74) is 8.83. The van der Waals surface area contributed by atoms with Crippen LogP contribution in [0.5, 0.6) is 0 Å². The van der Waals surface area contributed by atoms with Gasteiger partial charge in [0.1, 0.15) is 35.4 Å². The van der Waals surface area contributed by atoms with Gasteiger partial charge in [-0.3, -0.25) is 14.5 Å². The maximum Gasteiger partial charge on any atom is 0.352 e. The molecule has 1 fully saturated rings. The van der Waals surface area contributed by atoms with Gasteiger partial charge in [-0.2, -0.15) is 4.57 Å². The van der Waals surface area contributed by atoms with Crippen LogP contribution in [-0.2, 0) is 25.8 Å². The molecule has 2 aliphatic heterocycles. The quantitative estimate of drug-likeness (QED) is 0.169. The van der Waals surface area contributed by atoms with Crippen LogP contribution >= 0.6 is 34.4 Å². The summed E-state index contributed by atoms with van der Waals surface area (Å²) in [6.07, 6.45) is 3.70. The number of hydrogen-bond acceptors (Lipinski definition) is 11. The normalized spacial score (nSPS) is 20.0.